The summed E-state index contributed by atoms with van der Waals surface area (Å²) in [5, 5.41) is 7.41. The maximum absolute atomic E-state index is 12.7. The Morgan fingerprint density at radius 1 is 1.14 bits per heavy atom. The third-order valence-electron chi connectivity index (χ3n) is 5.68. The van der Waals surface area contributed by atoms with E-state index in [1.165, 1.54) is 24.7 Å². The average molecular weight is 390 g/mol. The van der Waals surface area contributed by atoms with Gasteiger partial charge in [-0.15, -0.1) is 0 Å². The van der Waals surface area contributed by atoms with Crippen molar-refractivity contribution in [3.8, 4) is 5.69 Å². The first-order valence-electron chi connectivity index (χ1n) is 10.1. The highest BCUT2D eigenvalue weighted by Gasteiger charge is 2.33. The molecule has 0 spiro atoms. The molecule has 1 fully saturated rings. The number of rotatable bonds is 8. The van der Waals surface area contributed by atoms with Crippen LogP contribution in [0.3, 0.4) is 0 Å². The van der Waals surface area contributed by atoms with Crippen LogP contribution in [0.5, 0.6) is 0 Å². The molecule has 1 saturated carbocycles. The van der Waals surface area contributed by atoms with Crippen LogP contribution in [0.1, 0.15) is 43.0 Å². The van der Waals surface area contributed by atoms with Crippen molar-refractivity contribution in [3.05, 3.63) is 78.4 Å². The Balaban J connectivity index is 1.36. The van der Waals surface area contributed by atoms with Crippen molar-refractivity contribution in [2.45, 2.75) is 31.8 Å². The highest BCUT2D eigenvalue weighted by atomic mass is 16.2. The van der Waals surface area contributed by atoms with Gasteiger partial charge in [-0.3, -0.25) is 9.69 Å². The van der Waals surface area contributed by atoms with Crippen LogP contribution in [-0.2, 0) is 4.79 Å². The van der Waals surface area contributed by atoms with Gasteiger partial charge in [-0.05, 0) is 56.0 Å². The van der Waals surface area contributed by atoms with Gasteiger partial charge in [0.1, 0.15) is 12.7 Å². The molecule has 1 aliphatic rings. The van der Waals surface area contributed by atoms with Crippen LogP contribution in [-0.4, -0.2) is 39.2 Å². The monoisotopic (exact) mass is 389 g/mol. The second-order valence-electron chi connectivity index (χ2n) is 7.82. The van der Waals surface area contributed by atoms with Crippen LogP contribution in [0, 0.1) is 5.92 Å². The summed E-state index contributed by atoms with van der Waals surface area (Å²) in [5.41, 5.74) is 3.32. The Bertz CT molecular complexity index is 920. The number of hydrogen-bond acceptors (Lipinski definition) is 4. The lowest BCUT2D eigenvalue weighted by molar-refractivity contribution is -0.123. The fraction of sp³-hybridized carbons (Fsp3) is 0.348. The van der Waals surface area contributed by atoms with Crippen molar-refractivity contribution in [3.63, 3.8) is 0 Å². The smallest absolute Gasteiger partial charge is 0.234 e. The fourth-order valence-corrected chi connectivity index (χ4v) is 3.65. The van der Waals surface area contributed by atoms with Crippen LogP contribution in [0.4, 0.5) is 0 Å². The van der Waals surface area contributed by atoms with E-state index in [0.717, 1.165) is 11.3 Å². The second-order valence-corrected chi connectivity index (χ2v) is 7.82. The number of aromatic nitrogens is 3. The van der Waals surface area contributed by atoms with E-state index in [1.54, 1.807) is 11.0 Å². The van der Waals surface area contributed by atoms with E-state index in [2.05, 4.69) is 51.5 Å². The van der Waals surface area contributed by atoms with Crippen molar-refractivity contribution in [2.75, 3.05) is 13.6 Å². The summed E-state index contributed by atoms with van der Waals surface area (Å²) in [6.45, 7) is 2.48. The molecule has 0 bridgehead atoms. The lowest BCUT2D eigenvalue weighted by Crippen LogP contribution is -2.38. The summed E-state index contributed by atoms with van der Waals surface area (Å²) in [4.78, 5) is 18.8. The molecular formula is C23H27N5O. The molecule has 6 nitrogen and oxygen atoms in total. The molecule has 2 unspecified atom stereocenters. The van der Waals surface area contributed by atoms with Crippen molar-refractivity contribution in [1.29, 1.82) is 0 Å². The van der Waals surface area contributed by atoms with E-state index in [4.69, 9.17) is 0 Å². The van der Waals surface area contributed by atoms with E-state index in [1.807, 2.05) is 37.4 Å². The van der Waals surface area contributed by atoms with Gasteiger partial charge in [0.15, 0.2) is 0 Å². The van der Waals surface area contributed by atoms with Crippen molar-refractivity contribution in [1.82, 2.24) is 25.0 Å². The first-order valence-corrected chi connectivity index (χ1v) is 10.1. The molecule has 1 N–H and O–H groups in total. The lowest BCUT2D eigenvalue weighted by Gasteiger charge is -2.26. The molecule has 6 heteroatoms. The van der Waals surface area contributed by atoms with E-state index >= 15 is 0 Å². The van der Waals surface area contributed by atoms with Gasteiger partial charge >= 0.3 is 0 Å². The number of nitrogens with one attached hydrogen (secondary N) is 1. The summed E-state index contributed by atoms with van der Waals surface area (Å²) >= 11 is 0. The molecular weight excluding hydrogens is 362 g/mol. The van der Waals surface area contributed by atoms with Crippen LogP contribution >= 0.6 is 0 Å². The molecule has 0 aliphatic heterocycles. The standard InChI is InChI=1S/C23H27N5O/c1-17(18-10-12-21(13-11-18)28-16-24-15-25-28)27(2)14-22(29)26-23(20-8-9-20)19-6-4-3-5-7-19/h3-7,10-13,15-17,20,23H,8-9,14H2,1-2H3,(H,26,29). The minimum atomic E-state index is 0.0688. The van der Waals surface area contributed by atoms with Crippen molar-refractivity contribution in [2.24, 2.45) is 5.92 Å². The molecule has 4 rings (SSSR count). The second kappa shape index (κ2) is 8.57. The summed E-state index contributed by atoms with van der Waals surface area (Å²) in [5.74, 6) is 0.632. The maximum atomic E-state index is 12.7. The summed E-state index contributed by atoms with van der Waals surface area (Å²) in [7, 11) is 1.99. The van der Waals surface area contributed by atoms with E-state index in [9.17, 15) is 4.79 Å². The molecule has 0 radical (unpaired) electrons. The van der Waals surface area contributed by atoms with Gasteiger partial charge in [-0.1, -0.05) is 42.5 Å². The molecule has 1 heterocycles. The predicted molar refractivity (Wildman–Crippen MR) is 112 cm³/mol. The minimum Gasteiger partial charge on any atom is -0.348 e. The topological polar surface area (TPSA) is 63.1 Å². The van der Waals surface area contributed by atoms with Gasteiger partial charge in [-0.25, -0.2) is 9.67 Å². The number of likely N-dealkylation sites (N-methyl/N-ethyl adjacent to an activating group) is 1. The molecule has 1 amide bonds. The van der Waals surface area contributed by atoms with Gasteiger partial charge in [0.05, 0.1) is 18.3 Å². The van der Waals surface area contributed by atoms with Crippen molar-refractivity contribution >= 4 is 5.91 Å². The zero-order valence-corrected chi connectivity index (χ0v) is 16.9. The SMILES string of the molecule is CC(c1ccc(-n2cncn2)cc1)N(C)CC(=O)NC(c1ccccc1)C1CC1. The highest BCUT2D eigenvalue weighted by molar-refractivity contribution is 5.78. The first-order chi connectivity index (χ1) is 14.1. The summed E-state index contributed by atoms with van der Waals surface area (Å²) in [6.07, 6.45) is 5.57. The summed E-state index contributed by atoms with van der Waals surface area (Å²) < 4.78 is 1.73. The molecule has 1 aromatic heterocycles. The number of amides is 1. The Morgan fingerprint density at radius 2 is 1.86 bits per heavy atom. The van der Waals surface area contributed by atoms with Gasteiger partial charge in [0, 0.05) is 6.04 Å². The fourth-order valence-electron chi connectivity index (χ4n) is 3.65. The Labute approximate surface area is 171 Å². The molecule has 2 aromatic carbocycles. The first kappa shape index (κ1) is 19.3. The number of carbonyl (C=O) groups is 1. The van der Waals surface area contributed by atoms with Crippen molar-refractivity contribution < 1.29 is 4.79 Å². The third kappa shape index (κ3) is 4.71. The number of carbonyl (C=O) groups excluding carboxylic acids is 1. The zero-order valence-electron chi connectivity index (χ0n) is 16.9. The van der Waals surface area contributed by atoms with E-state index < -0.39 is 0 Å². The quantitative estimate of drug-likeness (QED) is 0.640. The average Bonchev–Trinajstić information content (AvgIpc) is 3.45. The number of nitrogens with zero attached hydrogens (tertiary/aromatic N) is 4. The highest BCUT2D eigenvalue weighted by Crippen LogP contribution is 2.40. The Kier molecular flexibility index (Phi) is 5.71. The molecule has 1 aliphatic carbocycles. The normalized spacial score (nSPS) is 15.8. The van der Waals surface area contributed by atoms with Crippen LogP contribution in [0.2, 0.25) is 0 Å². The molecule has 29 heavy (non-hydrogen) atoms. The van der Waals surface area contributed by atoms with Gasteiger partial charge < -0.3 is 5.32 Å². The Hall–Kier alpha value is -2.99. The van der Waals surface area contributed by atoms with E-state index in [-0.39, 0.29) is 18.0 Å². The minimum absolute atomic E-state index is 0.0688. The molecule has 0 saturated heterocycles. The predicted octanol–water partition coefficient (Wildman–Crippen LogP) is 3.53. The lowest BCUT2D eigenvalue weighted by atomic mass is 10.0. The Morgan fingerprint density at radius 3 is 2.48 bits per heavy atom. The van der Waals surface area contributed by atoms with Gasteiger partial charge in [0.2, 0.25) is 5.91 Å². The third-order valence-corrected chi connectivity index (χ3v) is 5.68. The van der Waals surface area contributed by atoms with E-state index in [0.29, 0.717) is 12.5 Å². The van der Waals surface area contributed by atoms with Gasteiger partial charge in [-0.2, -0.15) is 5.10 Å². The van der Waals surface area contributed by atoms with Crippen LogP contribution < -0.4 is 5.32 Å². The number of hydrogen-bond donors (Lipinski definition) is 1. The molecule has 150 valence electrons. The van der Waals surface area contributed by atoms with Gasteiger partial charge in [0.25, 0.3) is 0 Å². The molecule has 3 aromatic rings. The van der Waals surface area contributed by atoms with Crippen LogP contribution in [0.25, 0.3) is 5.69 Å². The maximum Gasteiger partial charge on any atom is 0.234 e. The summed E-state index contributed by atoms with van der Waals surface area (Å²) in [6, 6.07) is 18.7. The number of benzene rings is 2. The molecule has 2 atom stereocenters. The van der Waals surface area contributed by atoms with Crippen LogP contribution in [0.15, 0.2) is 67.3 Å². The zero-order chi connectivity index (χ0) is 20.2. The largest absolute Gasteiger partial charge is 0.348 e.